The van der Waals surface area contributed by atoms with Crippen LogP contribution in [0.2, 0.25) is 5.02 Å². The van der Waals surface area contributed by atoms with Gasteiger partial charge in [-0.1, -0.05) is 23.7 Å². The molecule has 6 nitrogen and oxygen atoms in total. The van der Waals surface area contributed by atoms with Crippen molar-refractivity contribution in [2.24, 2.45) is 0 Å². The molecule has 1 aromatic carbocycles. The van der Waals surface area contributed by atoms with Gasteiger partial charge in [0.1, 0.15) is 5.69 Å². The van der Waals surface area contributed by atoms with Crippen LogP contribution in [0.5, 0.6) is 0 Å². The number of nitrogens with zero attached hydrogens (tertiary/aromatic N) is 4. The Bertz CT molecular complexity index is 1220. The Balaban J connectivity index is 1.71. The van der Waals surface area contributed by atoms with Gasteiger partial charge in [-0.3, -0.25) is 9.78 Å². The van der Waals surface area contributed by atoms with Crippen LogP contribution in [-0.4, -0.2) is 25.8 Å². The quantitative estimate of drug-likeness (QED) is 0.453. The molecule has 31 heavy (non-hydrogen) atoms. The predicted molar refractivity (Wildman–Crippen MR) is 116 cm³/mol. The van der Waals surface area contributed by atoms with E-state index in [0.29, 0.717) is 22.1 Å². The Morgan fingerprint density at radius 3 is 2.42 bits per heavy atom. The van der Waals surface area contributed by atoms with Gasteiger partial charge in [-0.05, 0) is 55.0 Å². The first-order valence-corrected chi connectivity index (χ1v) is 9.85. The molecule has 154 valence electrons. The molecule has 0 aliphatic rings. The number of halogens is 2. The minimum absolute atomic E-state index is 0.188. The minimum atomic E-state index is -0.606. The van der Waals surface area contributed by atoms with Crippen molar-refractivity contribution in [3.05, 3.63) is 95.4 Å². The molecule has 1 atom stereocenters. The van der Waals surface area contributed by atoms with Gasteiger partial charge in [0.15, 0.2) is 5.82 Å². The van der Waals surface area contributed by atoms with Crippen LogP contribution in [0.1, 0.15) is 29.0 Å². The van der Waals surface area contributed by atoms with Crippen LogP contribution in [0, 0.1) is 5.95 Å². The first-order valence-electron chi connectivity index (χ1n) is 9.47. The molecule has 0 bridgehead atoms. The van der Waals surface area contributed by atoms with E-state index in [4.69, 9.17) is 11.6 Å². The average molecular weight is 434 g/mol. The second-order valence-corrected chi connectivity index (χ2v) is 7.25. The fourth-order valence-corrected chi connectivity index (χ4v) is 3.13. The second kappa shape index (κ2) is 8.97. The molecule has 0 saturated heterocycles. The summed E-state index contributed by atoms with van der Waals surface area (Å²) in [6.45, 7) is 1.76. The standard InChI is InChI=1S/C23H17ClFN5O/c1-14(17-8-11-27-21(25)12-17)28-23(31)20-13-19(15-2-4-18(24)5-3-15)29-22(30-20)16-6-9-26-10-7-16/h2-14H,1H3,(H,28,31). The third-order valence-corrected chi connectivity index (χ3v) is 4.89. The van der Waals surface area contributed by atoms with Gasteiger partial charge in [0.25, 0.3) is 5.91 Å². The summed E-state index contributed by atoms with van der Waals surface area (Å²) in [4.78, 5) is 29.6. The van der Waals surface area contributed by atoms with Crippen molar-refractivity contribution in [1.29, 1.82) is 0 Å². The van der Waals surface area contributed by atoms with Gasteiger partial charge in [-0.2, -0.15) is 4.39 Å². The number of amides is 1. The van der Waals surface area contributed by atoms with Crippen LogP contribution >= 0.6 is 11.6 Å². The maximum atomic E-state index is 13.4. The molecule has 0 radical (unpaired) electrons. The molecular weight excluding hydrogens is 417 g/mol. The molecular formula is C23H17ClFN5O. The van der Waals surface area contributed by atoms with E-state index in [2.05, 4.69) is 25.3 Å². The van der Waals surface area contributed by atoms with Gasteiger partial charge in [0.05, 0.1) is 11.7 Å². The van der Waals surface area contributed by atoms with Crippen molar-refractivity contribution >= 4 is 17.5 Å². The first kappa shape index (κ1) is 20.6. The molecule has 0 saturated carbocycles. The molecule has 8 heteroatoms. The van der Waals surface area contributed by atoms with E-state index in [1.54, 1.807) is 55.7 Å². The van der Waals surface area contributed by atoms with Gasteiger partial charge in [-0.15, -0.1) is 0 Å². The van der Waals surface area contributed by atoms with E-state index < -0.39 is 17.9 Å². The molecule has 0 aliphatic heterocycles. The van der Waals surface area contributed by atoms with E-state index in [9.17, 15) is 9.18 Å². The first-order chi connectivity index (χ1) is 15.0. The molecule has 0 spiro atoms. The summed E-state index contributed by atoms with van der Waals surface area (Å²) in [5.41, 5.74) is 2.88. The summed E-state index contributed by atoms with van der Waals surface area (Å²) in [5.74, 6) is -0.620. The molecule has 1 N–H and O–H groups in total. The number of pyridine rings is 2. The van der Waals surface area contributed by atoms with Crippen LogP contribution in [-0.2, 0) is 0 Å². The highest BCUT2D eigenvalue weighted by Gasteiger charge is 2.17. The van der Waals surface area contributed by atoms with Crippen molar-refractivity contribution in [1.82, 2.24) is 25.3 Å². The molecule has 4 aromatic rings. The molecule has 1 unspecified atom stereocenters. The van der Waals surface area contributed by atoms with E-state index in [1.807, 2.05) is 12.1 Å². The monoisotopic (exact) mass is 433 g/mol. The second-order valence-electron chi connectivity index (χ2n) is 6.81. The van der Waals surface area contributed by atoms with Crippen LogP contribution in [0.4, 0.5) is 4.39 Å². The largest absolute Gasteiger partial charge is 0.344 e. The summed E-state index contributed by atoms with van der Waals surface area (Å²) in [7, 11) is 0. The van der Waals surface area contributed by atoms with Crippen molar-refractivity contribution in [3.63, 3.8) is 0 Å². The zero-order chi connectivity index (χ0) is 21.8. The number of nitrogens with one attached hydrogen (secondary N) is 1. The van der Waals surface area contributed by atoms with Crippen LogP contribution in [0.15, 0.2) is 73.2 Å². The number of benzene rings is 1. The lowest BCUT2D eigenvalue weighted by molar-refractivity contribution is 0.0934. The number of hydrogen-bond donors (Lipinski definition) is 1. The van der Waals surface area contributed by atoms with Gasteiger partial charge in [0, 0.05) is 34.7 Å². The van der Waals surface area contributed by atoms with Crippen LogP contribution in [0.25, 0.3) is 22.6 Å². The number of rotatable bonds is 5. The third-order valence-electron chi connectivity index (χ3n) is 4.64. The highest BCUT2D eigenvalue weighted by Crippen LogP contribution is 2.24. The van der Waals surface area contributed by atoms with E-state index in [1.165, 1.54) is 12.3 Å². The van der Waals surface area contributed by atoms with E-state index in [-0.39, 0.29) is 5.69 Å². The van der Waals surface area contributed by atoms with Crippen molar-refractivity contribution in [3.8, 4) is 22.6 Å². The maximum absolute atomic E-state index is 13.4. The average Bonchev–Trinajstić information content (AvgIpc) is 2.80. The number of carbonyl (C=O) groups is 1. The predicted octanol–water partition coefficient (Wildman–Crippen LogP) is 4.88. The number of carbonyl (C=O) groups excluding carboxylic acids is 1. The highest BCUT2D eigenvalue weighted by atomic mass is 35.5. The summed E-state index contributed by atoms with van der Waals surface area (Å²) >= 11 is 6.00. The molecule has 0 aliphatic carbocycles. The minimum Gasteiger partial charge on any atom is -0.344 e. The summed E-state index contributed by atoms with van der Waals surface area (Å²) in [5, 5.41) is 3.45. The zero-order valence-corrected chi connectivity index (χ0v) is 17.2. The third kappa shape index (κ3) is 4.90. The Hall–Kier alpha value is -3.71. The fraction of sp³-hybridized carbons (Fsp3) is 0.0870. The summed E-state index contributed by atoms with van der Waals surface area (Å²) < 4.78 is 13.4. The van der Waals surface area contributed by atoms with Crippen LogP contribution < -0.4 is 5.32 Å². The Labute approximate surface area is 183 Å². The number of aromatic nitrogens is 4. The van der Waals surface area contributed by atoms with Crippen molar-refractivity contribution in [2.45, 2.75) is 13.0 Å². The SMILES string of the molecule is CC(NC(=O)c1cc(-c2ccc(Cl)cc2)nc(-c2ccncc2)n1)c1ccnc(F)c1. The normalized spacial score (nSPS) is 11.7. The van der Waals surface area contributed by atoms with Gasteiger partial charge >= 0.3 is 0 Å². The fourth-order valence-electron chi connectivity index (χ4n) is 3.00. The Morgan fingerprint density at radius 2 is 1.71 bits per heavy atom. The zero-order valence-electron chi connectivity index (χ0n) is 16.5. The Kier molecular flexibility index (Phi) is 5.95. The lowest BCUT2D eigenvalue weighted by Crippen LogP contribution is -2.28. The van der Waals surface area contributed by atoms with Gasteiger partial charge < -0.3 is 5.32 Å². The molecule has 0 fully saturated rings. The van der Waals surface area contributed by atoms with E-state index >= 15 is 0 Å². The van der Waals surface area contributed by atoms with E-state index in [0.717, 1.165) is 11.1 Å². The van der Waals surface area contributed by atoms with Crippen molar-refractivity contribution < 1.29 is 9.18 Å². The lowest BCUT2D eigenvalue weighted by Gasteiger charge is -2.15. The molecule has 1 amide bonds. The van der Waals surface area contributed by atoms with Gasteiger partial charge in [-0.25, -0.2) is 15.0 Å². The van der Waals surface area contributed by atoms with Crippen molar-refractivity contribution in [2.75, 3.05) is 0 Å². The summed E-state index contributed by atoms with van der Waals surface area (Å²) in [6, 6.07) is 14.8. The molecule has 4 rings (SSSR count). The number of hydrogen-bond acceptors (Lipinski definition) is 5. The lowest BCUT2D eigenvalue weighted by atomic mass is 10.1. The summed E-state index contributed by atoms with van der Waals surface area (Å²) in [6.07, 6.45) is 4.62. The molecule has 3 heterocycles. The molecule has 3 aromatic heterocycles. The smallest absolute Gasteiger partial charge is 0.270 e. The maximum Gasteiger partial charge on any atom is 0.270 e. The highest BCUT2D eigenvalue weighted by molar-refractivity contribution is 6.30. The van der Waals surface area contributed by atoms with Gasteiger partial charge in [0.2, 0.25) is 5.95 Å². The van der Waals surface area contributed by atoms with Crippen LogP contribution in [0.3, 0.4) is 0 Å². The topological polar surface area (TPSA) is 80.7 Å². The Morgan fingerprint density at radius 1 is 0.968 bits per heavy atom.